The SMILES string of the molecule is C=CCO[C@@]12Oc3ccc(OC(=O)NCc4ccccc4)cc3[C@H]3[C@H](CCCCO)[C@@H](CCCCO)C=C(C(=NOC)C[C@@H]1N(CCC)S(=O)(=O)c1ccc(NC(C)=O)cc1)[C@H]32. The molecule has 6 rings (SSSR count). The fourth-order valence-corrected chi connectivity index (χ4v) is 11.2. The van der Waals surface area contributed by atoms with E-state index in [1.54, 1.807) is 30.3 Å². The van der Waals surface area contributed by atoms with Crippen molar-refractivity contribution in [1.29, 1.82) is 0 Å². The van der Waals surface area contributed by atoms with E-state index in [1.807, 2.05) is 43.3 Å². The lowest BCUT2D eigenvalue weighted by atomic mass is 9.55. The largest absolute Gasteiger partial charge is 0.460 e. The molecule has 0 saturated heterocycles. The number of hydrogen-bond donors (Lipinski definition) is 4. The summed E-state index contributed by atoms with van der Waals surface area (Å²) in [5.41, 5.74) is 3.52. The molecule has 334 valence electrons. The maximum Gasteiger partial charge on any atom is 0.412 e. The number of amides is 2. The molecule has 0 aromatic heterocycles. The minimum Gasteiger partial charge on any atom is -0.460 e. The number of oxime groups is 1. The summed E-state index contributed by atoms with van der Waals surface area (Å²) >= 11 is 0. The third-order valence-electron chi connectivity index (χ3n) is 11.9. The fourth-order valence-electron chi connectivity index (χ4n) is 9.42. The van der Waals surface area contributed by atoms with Crippen molar-refractivity contribution >= 4 is 33.4 Å². The molecule has 1 heterocycles. The number of hydrogen-bond acceptors (Lipinski definition) is 11. The molecule has 3 aliphatic rings. The van der Waals surface area contributed by atoms with Crippen LogP contribution in [0.15, 0.2) is 107 Å². The number of aliphatic hydroxyl groups is 2. The van der Waals surface area contributed by atoms with Crippen molar-refractivity contribution in [3.63, 3.8) is 0 Å². The first-order valence-corrected chi connectivity index (χ1v) is 23.0. The molecule has 3 aromatic carbocycles. The number of unbranched alkanes of at least 4 members (excludes halogenated alkanes) is 2. The molecule has 4 N–H and O–H groups in total. The third kappa shape index (κ3) is 10.2. The predicted octanol–water partition coefficient (Wildman–Crippen LogP) is 7.30. The van der Waals surface area contributed by atoms with Gasteiger partial charge in [-0.1, -0.05) is 67.4 Å². The fraction of sp³-hybridized carbons (Fsp3) is 0.468. The number of rotatable bonds is 21. The van der Waals surface area contributed by atoms with Crippen LogP contribution in [-0.2, 0) is 30.9 Å². The Balaban J connectivity index is 1.53. The molecule has 14 nitrogen and oxygen atoms in total. The minimum atomic E-state index is -4.26. The Morgan fingerprint density at radius 3 is 2.40 bits per heavy atom. The molecule has 1 aliphatic heterocycles. The highest BCUT2D eigenvalue weighted by Crippen LogP contribution is 2.62. The van der Waals surface area contributed by atoms with Crippen LogP contribution in [0.3, 0.4) is 0 Å². The first kappa shape index (κ1) is 46.4. The lowest BCUT2D eigenvalue weighted by molar-refractivity contribution is -0.251. The van der Waals surface area contributed by atoms with E-state index in [0.717, 1.165) is 29.5 Å². The van der Waals surface area contributed by atoms with E-state index in [1.165, 1.54) is 30.5 Å². The maximum absolute atomic E-state index is 15.1. The molecule has 62 heavy (non-hydrogen) atoms. The minimum absolute atomic E-state index is 0.0190. The van der Waals surface area contributed by atoms with Crippen molar-refractivity contribution < 1.29 is 47.3 Å². The quantitative estimate of drug-likeness (QED) is 0.0481. The van der Waals surface area contributed by atoms with Gasteiger partial charge in [-0.15, -0.1) is 6.58 Å². The second kappa shape index (κ2) is 21.3. The first-order chi connectivity index (χ1) is 30.0. The summed E-state index contributed by atoms with van der Waals surface area (Å²) < 4.78 is 51.6. The molecule has 2 aliphatic carbocycles. The predicted molar refractivity (Wildman–Crippen MR) is 236 cm³/mol. The molecule has 15 heteroatoms. The first-order valence-electron chi connectivity index (χ1n) is 21.5. The molecular formula is C47H60N4O10S. The van der Waals surface area contributed by atoms with Gasteiger partial charge in [0, 0.05) is 56.8 Å². The summed E-state index contributed by atoms with van der Waals surface area (Å²) in [6.45, 7) is 7.76. The van der Waals surface area contributed by atoms with Crippen LogP contribution in [0.25, 0.3) is 0 Å². The smallest absolute Gasteiger partial charge is 0.412 e. The Bertz CT molecular complexity index is 2180. The summed E-state index contributed by atoms with van der Waals surface area (Å²) in [5.74, 6) is -2.27. The number of aliphatic hydroxyl groups excluding tert-OH is 2. The zero-order valence-electron chi connectivity index (χ0n) is 35.8. The van der Waals surface area contributed by atoms with Crippen LogP contribution in [0.5, 0.6) is 11.5 Å². The summed E-state index contributed by atoms with van der Waals surface area (Å²) in [6.07, 6.45) is 7.88. The number of anilines is 1. The second-order valence-electron chi connectivity index (χ2n) is 16.0. The van der Waals surface area contributed by atoms with Crippen LogP contribution in [0.4, 0.5) is 10.5 Å². The van der Waals surface area contributed by atoms with Crippen LogP contribution in [0.1, 0.15) is 82.3 Å². The number of carbonyl (C=O) groups excluding carboxylic acids is 2. The molecule has 0 radical (unpaired) electrons. The maximum atomic E-state index is 15.1. The monoisotopic (exact) mass is 872 g/mol. The highest BCUT2D eigenvalue weighted by molar-refractivity contribution is 7.89. The van der Waals surface area contributed by atoms with Gasteiger partial charge in [-0.05, 0) is 97.5 Å². The van der Waals surface area contributed by atoms with Gasteiger partial charge in [-0.3, -0.25) is 4.79 Å². The Kier molecular flexibility index (Phi) is 16.0. The number of ether oxygens (including phenoxy) is 3. The molecule has 3 aromatic rings. The topological polar surface area (TPSA) is 185 Å². The van der Waals surface area contributed by atoms with Gasteiger partial charge >= 0.3 is 6.09 Å². The van der Waals surface area contributed by atoms with Gasteiger partial charge in [-0.2, -0.15) is 4.31 Å². The molecule has 2 amide bonds. The standard InChI is InChI=1S/C47H60N4O10S/c1-5-24-51(62(56,57)37-21-18-35(19-22-37)49-32(3)54)43-30-41(50-58-4)39-28-34(16-10-12-25-52)38(17-11-13-26-53)44-40-29-36(60-46(55)48-31-33-14-8-7-9-15-33)20-23-42(40)61-47(43,45(39)44)59-27-6-2/h6-9,14-15,18-23,28-29,34,38,43-45,52-53H,2,5,10-13,16-17,24-27,30-31H2,1,3-4H3,(H,48,55)(H,49,54)/t34-,38+,43-,44+,45+,47+/m0/s1. The van der Waals surface area contributed by atoms with Crippen LogP contribution in [-0.4, -0.2) is 86.0 Å². The summed E-state index contributed by atoms with van der Waals surface area (Å²) in [6, 6.07) is 19.9. The lowest BCUT2D eigenvalue weighted by Crippen LogP contribution is -2.70. The summed E-state index contributed by atoms with van der Waals surface area (Å²) in [4.78, 5) is 30.5. The molecule has 1 saturated carbocycles. The van der Waals surface area contributed by atoms with Gasteiger partial charge in [0.2, 0.25) is 21.7 Å². The molecule has 1 fully saturated rings. The van der Waals surface area contributed by atoms with E-state index in [4.69, 9.17) is 19.0 Å². The van der Waals surface area contributed by atoms with Gasteiger partial charge < -0.3 is 39.9 Å². The van der Waals surface area contributed by atoms with Crippen LogP contribution < -0.4 is 20.1 Å². The van der Waals surface area contributed by atoms with Crippen LogP contribution in [0.2, 0.25) is 0 Å². The second-order valence-corrected chi connectivity index (χ2v) is 17.9. The molecule has 0 bridgehead atoms. The van der Waals surface area contributed by atoms with Crippen LogP contribution in [0, 0.1) is 17.8 Å². The zero-order valence-corrected chi connectivity index (χ0v) is 36.6. The van der Waals surface area contributed by atoms with E-state index in [0.29, 0.717) is 55.0 Å². The molecule has 0 spiro atoms. The lowest BCUT2D eigenvalue weighted by Gasteiger charge is -2.59. The van der Waals surface area contributed by atoms with Crippen LogP contribution >= 0.6 is 0 Å². The molecule has 6 atom stereocenters. The van der Waals surface area contributed by atoms with Gasteiger partial charge in [0.15, 0.2) is 0 Å². The van der Waals surface area contributed by atoms with Crippen molar-refractivity contribution in [2.24, 2.45) is 22.9 Å². The average molecular weight is 873 g/mol. The Morgan fingerprint density at radius 2 is 1.74 bits per heavy atom. The molecular weight excluding hydrogens is 813 g/mol. The highest BCUT2D eigenvalue weighted by Gasteiger charge is 2.66. The zero-order chi connectivity index (χ0) is 44.3. The number of benzene rings is 3. The number of carbonyl (C=O) groups is 2. The Hall–Kier alpha value is -5.06. The Morgan fingerprint density at radius 1 is 1.02 bits per heavy atom. The highest BCUT2D eigenvalue weighted by atomic mass is 32.2. The number of fused-ring (bicyclic) bond motifs is 2. The van der Waals surface area contributed by atoms with Crippen molar-refractivity contribution in [2.45, 2.75) is 94.4 Å². The van der Waals surface area contributed by atoms with E-state index in [-0.39, 0.29) is 67.9 Å². The van der Waals surface area contributed by atoms with Crippen molar-refractivity contribution in [1.82, 2.24) is 9.62 Å². The van der Waals surface area contributed by atoms with Gasteiger partial charge in [0.25, 0.3) is 0 Å². The number of sulfonamides is 1. The molecule has 0 unspecified atom stereocenters. The average Bonchev–Trinajstić information content (AvgIpc) is 3.26. The number of nitrogens with zero attached hydrogens (tertiary/aromatic N) is 2. The van der Waals surface area contributed by atoms with E-state index < -0.39 is 33.9 Å². The van der Waals surface area contributed by atoms with Crippen molar-refractivity contribution in [3.8, 4) is 11.5 Å². The summed E-state index contributed by atoms with van der Waals surface area (Å²) in [5, 5.41) is 29.9. The van der Waals surface area contributed by atoms with Crippen molar-refractivity contribution in [2.75, 3.05) is 38.8 Å². The summed E-state index contributed by atoms with van der Waals surface area (Å²) in [7, 11) is -2.80. The number of allylic oxidation sites excluding steroid dienone is 1. The van der Waals surface area contributed by atoms with Gasteiger partial charge in [0.1, 0.15) is 18.6 Å². The van der Waals surface area contributed by atoms with Gasteiger partial charge in [-0.25, -0.2) is 13.2 Å². The van der Waals surface area contributed by atoms with E-state index in [9.17, 15) is 19.8 Å². The Labute approximate surface area is 365 Å². The number of nitrogens with one attached hydrogen (secondary N) is 2. The van der Waals surface area contributed by atoms with E-state index >= 15 is 8.42 Å². The van der Waals surface area contributed by atoms with Crippen molar-refractivity contribution in [3.05, 3.63) is 108 Å². The van der Waals surface area contributed by atoms with Gasteiger partial charge in [0.05, 0.1) is 29.2 Å². The third-order valence-corrected chi connectivity index (χ3v) is 13.8. The normalized spacial score (nSPS) is 23.4. The van der Waals surface area contributed by atoms with E-state index in [2.05, 4.69) is 28.4 Å².